The van der Waals surface area contributed by atoms with Gasteiger partial charge in [-0.25, -0.2) is 24.6 Å². The Labute approximate surface area is 143 Å². The van der Waals surface area contributed by atoms with E-state index in [1.165, 1.54) is 6.20 Å². The second kappa shape index (κ2) is 6.48. The number of nitrogen functional groups attached to an aromatic ring is 1. The first-order chi connectivity index (χ1) is 12.0. The van der Waals surface area contributed by atoms with Crippen LogP contribution in [0.15, 0.2) is 15.8 Å². The van der Waals surface area contributed by atoms with Crippen LogP contribution < -0.4 is 5.73 Å². The maximum absolute atomic E-state index is 9.17. The van der Waals surface area contributed by atoms with Crippen LogP contribution in [0.2, 0.25) is 0 Å². The summed E-state index contributed by atoms with van der Waals surface area (Å²) in [5.41, 5.74) is 9.06. The lowest BCUT2D eigenvalue weighted by molar-refractivity contribution is 0.315. The van der Waals surface area contributed by atoms with E-state index in [1.54, 1.807) is 11.2 Å². The van der Waals surface area contributed by atoms with E-state index in [-0.39, 0.29) is 0 Å². The van der Waals surface area contributed by atoms with E-state index in [9.17, 15) is 5.26 Å². The van der Waals surface area contributed by atoms with E-state index >= 15 is 0 Å². The van der Waals surface area contributed by atoms with Gasteiger partial charge in [-0.15, -0.1) is 0 Å². The first-order valence-corrected chi connectivity index (χ1v) is 7.33. The second-order valence-electron chi connectivity index (χ2n) is 5.55. The number of nitriles is 1. The molecule has 0 saturated heterocycles. The van der Waals surface area contributed by atoms with Crippen molar-refractivity contribution in [2.24, 2.45) is 4.99 Å². The van der Waals surface area contributed by atoms with Crippen molar-refractivity contribution in [1.29, 1.82) is 5.26 Å². The average Bonchev–Trinajstić information content (AvgIpc) is 3.05. The number of anilines is 1. The largest absolute Gasteiger partial charge is 0.396 e. The molecule has 0 atom stereocenters. The zero-order valence-corrected chi connectivity index (χ0v) is 13.9. The molecule has 0 aliphatic carbocycles. The lowest BCUT2D eigenvalue weighted by Gasteiger charge is -2.09. The van der Waals surface area contributed by atoms with E-state index in [1.807, 2.05) is 27.1 Å². The Kier molecular flexibility index (Phi) is 4.21. The van der Waals surface area contributed by atoms with Crippen LogP contribution in [0.4, 0.5) is 11.5 Å². The van der Waals surface area contributed by atoms with Crippen molar-refractivity contribution >= 4 is 29.0 Å². The summed E-state index contributed by atoms with van der Waals surface area (Å²) in [5, 5.41) is 16.6. The second-order valence-corrected chi connectivity index (χ2v) is 5.55. The SMILES string of the molecule is Cc1nc2nonc2c(N)c1Cc1ncc(C#N)c(N=CN(C)C)n1. The lowest BCUT2D eigenvalue weighted by Crippen LogP contribution is -2.08. The molecule has 3 heterocycles. The molecule has 25 heavy (non-hydrogen) atoms. The first-order valence-electron chi connectivity index (χ1n) is 7.33. The Morgan fingerprint density at radius 3 is 2.88 bits per heavy atom. The molecule has 3 aromatic heterocycles. The third-order valence-corrected chi connectivity index (χ3v) is 3.45. The summed E-state index contributed by atoms with van der Waals surface area (Å²) in [5.74, 6) is 0.770. The van der Waals surface area contributed by atoms with Gasteiger partial charge in [0.05, 0.1) is 18.2 Å². The van der Waals surface area contributed by atoms with Crippen molar-refractivity contribution < 1.29 is 4.63 Å². The van der Waals surface area contributed by atoms with Gasteiger partial charge in [-0.1, -0.05) is 0 Å². The number of aliphatic imine (C=N–C) groups is 1. The van der Waals surface area contributed by atoms with Crippen LogP contribution >= 0.6 is 0 Å². The highest BCUT2D eigenvalue weighted by Crippen LogP contribution is 2.25. The van der Waals surface area contributed by atoms with Crippen molar-refractivity contribution in [3.05, 3.63) is 28.8 Å². The summed E-state index contributed by atoms with van der Waals surface area (Å²) in [6.07, 6.45) is 3.34. The van der Waals surface area contributed by atoms with E-state index in [4.69, 9.17) is 5.73 Å². The monoisotopic (exact) mass is 337 g/mol. The molecule has 10 heteroatoms. The van der Waals surface area contributed by atoms with Crippen LogP contribution in [0.5, 0.6) is 0 Å². The van der Waals surface area contributed by atoms with Crippen LogP contribution in [-0.2, 0) is 6.42 Å². The van der Waals surface area contributed by atoms with Gasteiger partial charge in [0.2, 0.25) is 5.65 Å². The predicted molar refractivity (Wildman–Crippen MR) is 90.1 cm³/mol. The number of rotatable bonds is 4. The van der Waals surface area contributed by atoms with E-state index < -0.39 is 0 Å². The minimum atomic E-state index is 0.292. The Bertz CT molecular complexity index is 1000. The number of hydrogen-bond acceptors (Lipinski definition) is 9. The number of hydrogen-bond donors (Lipinski definition) is 1. The van der Waals surface area contributed by atoms with E-state index in [0.717, 1.165) is 5.56 Å². The first kappa shape index (κ1) is 16.3. The van der Waals surface area contributed by atoms with Crippen molar-refractivity contribution in [1.82, 2.24) is 30.2 Å². The van der Waals surface area contributed by atoms with Crippen LogP contribution in [0, 0.1) is 18.3 Å². The Morgan fingerprint density at radius 2 is 2.16 bits per heavy atom. The van der Waals surface area contributed by atoms with Crippen molar-refractivity contribution in [2.45, 2.75) is 13.3 Å². The minimum Gasteiger partial charge on any atom is -0.396 e. The normalized spacial score (nSPS) is 11.1. The van der Waals surface area contributed by atoms with Gasteiger partial charge < -0.3 is 10.6 Å². The molecule has 0 fully saturated rings. The van der Waals surface area contributed by atoms with Gasteiger partial charge in [0.25, 0.3) is 0 Å². The zero-order chi connectivity index (χ0) is 18.0. The molecule has 2 N–H and O–H groups in total. The summed E-state index contributed by atoms with van der Waals surface area (Å²) in [6, 6.07) is 2.03. The molecule has 126 valence electrons. The summed E-state index contributed by atoms with van der Waals surface area (Å²) in [7, 11) is 3.66. The third kappa shape index (κ3) is 3.20. The molecular formula is C15H15N9O. The molecule has 3 aromatic rings. The summed E-state index contributed by atoms with van der Waals surface area (Å²) >= 11 is 0. The van der Waals surface area contributed by atoms with Gasteiger partial charge in [0, 0.05) is 31.8 Å². The third-order valence-electron chi connectivity index (χ3n) is 3.45. The Morgan fingerprint density at radius 1 is 1.36 bits per heavy atom. The molecule has 10 nitrogen and oxygen atoms in total. The summed E-state index contributed by atoms with van der Waals surface area (Å²) in [4.78, 5) is 18.9. The molecule has 0 aromatic carbocycles. The van der Waals surface area contributed by atoms with Crippen molar-refractivity contribution in [3.63, 3.8) is 0 Å². The molecular weight excluding hydrogens is 322 g/mol. The van der Waals surface area contributed by atoms with Gasteiger partial charge in [0.15, 0.2) is 11.3 Å². The predicted octanol–water partition coefficient (Wildman–Crippen LogP) is 0.982. The Balaban J connectivity index is 2.01. The highest BCUT2D eigenvalue weighted by Gasteiger charge is 2.16. The summed E-state index contributed by atoms with van der Waals surface area (Å²) in [6.45, 7) is 1.81. The van der Waals surface area contributed by atoms with Gasteiger partial charge in [-0.05, 0) is 17.2 Å². The minimum absolute atomic E-state index is 0.292. The number of fused-ring (bicyclic) bond motifs is 1. The van der Waals surface area contributed by atoms with Gasteiger partial charge in [-0.2, -0.15) is 5.26 Å². The van der Waals surface area contributed by atoms with Crippen LogP contribution in [0.1, 0.15) is 22.6 Å². The molecule has 0 aliphatic heterocycles. The molecule has 0 aliphatic rings. The molecule has 0 radical (unpaired) electrons. The molecule has 0 bridgehead atoms. The van der Waals surface area contributed by atoms with E-state index in [0.29, 0.717) is 46.2 Å². The molecule has 3 rings (SSSR count). The maximum atomic E-state index is 9.17. The topological polar surface area (TPSA) is 143 Å². The van der Waals surface area contributed by atoms with Gasteiger partial charge in [0.1, 0.15) is 17.5 Å². The fourth-order valence-electron chi connectivity index (χ4n) is 2.21. The number of aryl methyl sites for hydroxylation is 1. The quantitative estimate of drug-likeness (QED) is 0.544. The smallest absolute Gasteiger partial charge is 0.226 e. The number of nitrogens with two attached hydrogens (primary N) is 1. The van der Waals surface area contributed by atoms with Gasteiger partial charge in [-0.3, -0.25) is 0 Å². The molecule has 0 amide bonds. The van der Waals surface area contributed by atoms with Crippen LogP contribution in [0.3, 0.4) is 0 Å². The zero-order valence-electron chi connectivity index (χ0n) is 13.9. The fraction of sp³-hybridized carbons (Fsp3) is 0.267. The number of pyridine rings is 1. The van der Waals surface area contributed by atoms with Crippen molar-refractivity contribution in [3.8, 4) is 6.07 Å². The molecule has 0 unspecified atom stereocenters. The van der Waals surface area contributed by atoms with Gasteiger partial charge >= 0.3 is 0 Å². The summed E-state index contributed by atoms with van der Waals surface area (Å²) < 4.78 is 4.68. The van der Waals surface area contributed by atoms with Crippen LogP contribution in [0.25, 0.3) is 11.2 Å². The highest BCUT2D eigenvalue weighted by atomic mass is 16.6. The van der Waals surface area contributed by atoms with Crippen molar-refractivity contribution in [2.75, 3.05) is 19.8 Å². The van der Waals surface area contributed by atoms with E-state index in [2.05, 4.69) is 34.9 Å². The Hall–Kier alpha value is -3.61. The maximum Gasteiger partial charge on any atom is 0.226 e. The van der Waals surface area contributed by atoms with Crippen LogP contribution in [-0.4, -0.2) is 50.6 Å². The molecule has 0 spiro atoms. The highest BCUT2D eigenvalue weighted by molar-refractivity contribution is 5.85. The number of aromatic nitrogens is 5. The fourth-order valence-corrected chi connectivity index (χ4v) is 2.21. The number of nitrogens with zero attached hydrogens (tertiary/aromatic N) is 8. The molecule has 0 saturated carbocycles. The standard InChI is InChI=1S/C15H15N9O/c1-8-10(12(17)13-15(20-8)23-25-22-13)4-11-18-6-9(5-16)14(21-11)19-7-24(2)3/h6-7H,4,17H2,1-3H3. The lowest BCUT2D eigenvalue weighted by atomic mass is 10.1. The average molecular weight is 337 g/mol.